The van der Waals surface area contributed by atoms with Gasteiger partial charge in [-0.3, -0.25) is 0 Å². The average molecular weight is 241 g/mol. The summed E-state index contributed by atoms with van der Waals surface area (Å²) in [7, 11) is 0. The molecule has 0 aliphatic heterocycles. The molecule has 1 aromatic carbocycles. The van der Waals surface area contributed by atoms with Crippen LogP contribution in [0.1, 0.15) is 39.2 Å². The van der Waals surface area contributed by atoms with Crippen LogP contribution in [0.5, 0.6) is 0 Å². The van der Waals surface area contributed by atoms with Crippen LogP contribution in [-0.2, 0) is 6.42 Å². The van der Waals surface area contributed by atoms with Crippen molar-refractivity contribution in [2.45, 2.75) is 45.6 Å². The van der Waals surface area contributed by atoms with E-state index in [0.29, 0.717) is 12.0 Å². The Hall–Kier alpha value is -0.960. The molecule has 96 valence electrons. The fourth-order valence-corrected chi connectivity index (χ4v) is 1.65. The Labute approximate surface area is 102 Å². The first-order valence-corrected chi connectivity index (χ1v) is 6.08. The molecule has 1 N–H and O–H groups in total. The standard InChI is InChI=1S/C14H21F2N/c1-14(2,3)17-10-5-4-7-11-8-6-9-12(15)13(11)16/h6,8-9,17H,4-5,7,10H2,1-3H3. The van der Waals surface area contributed by atoms with Crippen LogP contribution in [0, 0.1) is 11.6 Å². The summed E-state index contributed by atoms with van der Waals surface area (Å²) in [5, 5.41) is 3.37. The SMILES string of the molecule is CC(C)(C)NCCCCc1cccc(F)c1F. The topological polar surface area (TPSA) is 12.0 Å². The number of hydrogen-bond donors (Lipinski definition) is 1. The van der Waals surface area contributed by atoms with Gasteiger partial charge in [0.1, 0.15) is 0 Å². The van der Waals surface area contributed by atoms with Gasteiger partial charge >= 0.3 is 0 Å². The van der Waals surface area contributed by atoms with Gasteiger partial charge in [0.2, 0.25) is 0 Å². The van der Waals surface area contributed by atoms with Gasteiger partial charge in [0.25, 0.3) is 0 Å². The number of benzene rings is 1. The zero-order valence-corrected chi connectivity index (χ0v) is 10.8. The first kappa shape index (κ1) is 14.1. The van der Waals surface area contributed by atoms with Crippen LogP contribution in [-0.4, -0.2) is 12.1 Å². The quantitative estimate of drug-likeness (QED) is 0.775. The smallest absolute Gasteiger partial charge is 0.162 e. The highest BCUT2D eigenvalue weighted by Crippen LogP contribution is 2.13. The third-order valence-electron chi connectivity index (χ3n) is 2.56. The molecule has 0 aliphatic carbocycles. The average Bonchev–Trinajstić information content (AvgIpc) is 2.22. The second-order valence-corrected chi connectivity index (χ2v) is 5.35. The van der Waals surface area contributed by atoms with Crippen LogP contribution < -0.4 is 5.32 Å². The summed E-state index contributed by atoms with van der Waals surface area (Å²) >= 11 is 0. The van der Waals surface area contributed by atoms with Crippen LogP contribution >= 0.6 is 0 Å². The van der Waals surface area contributed by atoms with Crippen LogP contribution in [0.15, 0.2) is 18.2 Å². The predicted octanol–water partition coefficient (Wildman–Crippen LogP) is 3.68. The number of nitrogens with one attached hydrogen (secondary N) is 1. The largest absolute Gasteiger partial charge is 0.312 e. The maximum Gasteiger partial charge on any atom is 0.162 e. The van der Waals surface area contributed by atoms with Crippen molar-refractivity contribution in [3.63, 3.8) is 0 Å². The van der Waals surface area contributed by atoms with Crippen LogP contribution in [0.4, 0.5) is 8.78 Å². The van der Waals surface area contributed by atoms with E-state index < -0.39 is 11.6 Å². The number of hydrogen-bond acceptors (Lipinski definition) is 1. The maximum atomic E-state index is 13.3. The number of rotatable bonds is 5. The molecule has 0 amide bonds. The van der Waals surface area contributed by atoms with E-state index in [9.17, 15) is 8.78 Å². The highest BCUT2D eigenvalue weighted by Gasteiger charge is 2.09. The van der Waals surface area contributed by atoms with Crippen LogP contribution in [0.3, 0.4) is 0 Å². The Morgan fingerprint density at radius 2 is 1.82 bits per heavy atom. The van der Waals surface area contributed by atoms with E-state index >= 15 is 0 Å². The van der Waals surface area contributed by atoms with E-state index in [-0.39, 0.29) is 5.54 Å². The highest BCUT2D eigenvalue weighted by molar-refractivity contribution is 5.18. The van der Waals surface area contributed by atoms with E-state index in [4.69, 9.17) is 0 Å². The fourth-order valence-electron chi connectivity index (χ4n) is 1.65. The van der Waals surface area contributed by atoms with E-state index in [1.54, 1.807) is 12.1 Å². The summed E-state index contributed by atoms with van der Waals surface area (Å²) in [5.74, 6) is -1.45. The molecule has 0 heterocycles. The molecule has 0 aliphatic rings. The van der Waals surface area contributed by atoms with Gasteiger partial charge in [-0.15, -0.1) is 0 Å². The first-order chi connectivity index (χ1) is 7.90. The van der Waals surface area contributed by atoms with Gasteiger partial charge in [0, 0.05) is 5.54 Å². The fraction of sp³-hybridized carbons (Fsp3) is 0.571. The molecule has 0 atom stereocenters. The van der Waals surface area contributed by atoms with Crippen molar-refractivity contribution in [2.24, 2.45) is 0 Å². The van der Waals surface area contributed by atoms with Crippen LogP contribution in [0.2, 0.25) is 0 Å². The van der Waals surface area contributed by atoms with Crippen LogP contribution in [0.25, 0.3) is 0 Å². The van der Waals surface area contributed by atoms with Crippen molar-refractivity contribution < 1.29 is 8.78 Å². The summed E-state index contributed by atoms with van der Waals surface area (Å²) in [4.78, 5) is 0. The van der Waals surface area contributed by atoms with Crippen molar-refractivity contribution in [3.8, 4) is 0 Å². The second-order valence-electron chi connectivity index (χ2n) is 5.35. The molecule has 0 bridgehead atoms. The molecule has 0 saturated carbocycles. The molecule has 1 nitrogen and oxygen atoms in total. The van der Waals surface area contributed by atoms with E-state index in [2.05, 4.69) is 26.1 Å². The van der Waals surface area contributed by atoms with Gasteiger partial charge in [-0.1, -0.05) is 12.1 Å². The third-order valence-corrected chi connectivity index (χ3v) is 2.56. The Morgan fingerprint density at radius 1 is 1.12 bits per heavy atom. The van der Waals surface area contributed by atoms with Gasteiger partial charge in [-0.2, -0.15) is 0 Å². The Morgan fingerprint density at radius 3 is 2.47 bits per heavy atom. The normalized spacial score (nSPS) is 11.8. The zero-order chi connectivity index (χ0) is 12.9. The van der Waals surface area contributed by atoms with Crippen molar-refractivity contribution in [1.82, 2.24) is 5.32 Å². The van der Waals surface area contributed by atoms with Gasteiger partial charge in [0.15, 0.2) is 11.6 Å². The molecule has 0 spiro atoms. The second kappa shape index (κ2) is 6.10. The van der Waals surface area contributed by atoms with Gasteiger partial charge in [0.05, 0.1) is 0 Å². The summed E-state index contributed by atoms with van der Waals surface area (Å²) < 4.78 is 26.2. The molecule has 0 saturated heterocycles. The Bertz CT molecular complexity index is 356. The van der Waals surface area contributed by atoms with Crippen molar-refractivity contribution in [3.05, 3.63) is 35.4 Å². The molecule has 0 unspecified atom stereocenters. The molecule has 3 heteroatoms. The lowest BCUT2D eigenvalue weighted by Crippen LogP contribution is -2.36. The monoisotopic (exact) mass is 241 g/mol. The Kier molecular flexibility index (Phi) is 5.06. The molecule has 17 heavy (non-hydrogen) atoms. The third kappa shape index (κ3) is 5.26. The molecule has 1 aromatic rings. The minimum atomic E-state index is -0.754. The summed E-state index contributed by atoms with van der Waals surface area (Å²) in [6, 6.07) is 4.36. The Balaban J connectivity index is 2.29. The summed E-state index contributed by atoms with van der Waals surface area (Å²) in [6.45, 7) is 7.23. The van der Waals surface area contributed by atoms with E-state index in [1.165, 1.54) is 0 Å². The molecular weight excluding hydrogens is 220 g/mol. The highest BCUT2D eigenvalue weighted by atomic mass is 19.2. The van der Waals surface area contributed by atoms with E-state index in [0.717, 1.165) is 25.5 Å². The number of aryl methyl sites for hydroxylation is 1. The summed E-state index contributed by atoms with van der Waals surface area (Å²) in [5.41, 5.74) is 0.588. The lowest BCUT2D eigenvalue weighted by molar-refractivity contribution is 0.418. The minimum Gasteiger partial charge on any atom is -0.312 e. The van der Waals surface area contributed by atoms with Crippen molar-refractivity contribution in [1.29, 1.82) is 0 Å². The van der Waals surface area contributed by atoms with Gasteiger partial charge in [-0.05, 0) is 58.2 Å². The predicted molar refractivity (Wildman–Crippen MR) is 67.1 cm³/mol. The summed E-state index contributed by atoms with van der Waals surface area (Å²) in [6.07, 6.45) is 2.42. The zero-order valence-electron chi connectivity index (χ0n) is 10.8. The number of halogens is 2. The van der Waals surface area contributed by atoms with Gasteiger partial charge in [-0.25, -0.2) is 8.78 Å². The van der Waals surface area contributed by atoms with Gasteiger partial charge < -0.3 is 5.32 Å². The molecule has 1 rings (SSSR count). The molecule has 0 radical (unpaired) electrons. The lowest BCUT2D eigenvalue weighted by atomic mass is 10.1. The first-order valence-electron chi connectivity index (χ1n) is 6.08. The lowest BCUT2D eigenvalue weighted by Gasteiger charge is -2.20. The molecular formula is C14H21F2N. The maximum absolute atomic E-state index is 13.3. The van der Waals surface area contributed by atoms with Crippen molar-refractivity contribution >= 4 is 0 Å². The van der Waals surface area contributed by atoms with E-state index in [1.807, 2.05) is 0 Å². The van der Waals surface area contributed by atoms with Crippen molar-refractivity contribution in [2.75, 3.05) is 6.54 Å². The molecule has 0 aromatic heterocycles. The number of unbranched alkanes of at least 4 members (excludes halogenated alkanes) is 1. The molecule has 0 fully saturated rings. The minimum absolute atomic E-state index is 0.115.